The highest BCUT2D eigenvalue weighted by Crippen LogP contribution is 2.38. The molecule has 3 heterocycles. The van der Waals surface area contributed by atoms with E-state index < -0.39 is 0 Å². The van der Waals surface area contributed by atoms with Crippen molar-refractivity contribution in [3.63, 3.8) is 0 Å². The third kappa shape index (κ3) is 2.96. The van der Waals surface area contributed by atoms with Crippen LogP contribution in [0.15, 0.2) is 6.33 Å². The first-order chi connectivity index (χ1) is 11.4. The van der Waals surface area contributed by atoms with Gasteiger partial charge in [0.2, 0.25) is 0 Å². The summed E-state index contributed by atoms with van der Waals surface area (Å²) in [6.07, 6.45) is 10.8. The molecule has 1 aliphatic carbocycles. The van der Waals surface area contributed by atoms with Crippen LogP contribution in [0.25, 0.3) is 10.2 Å². The molecule has 1 aliphatic heterocycles. The molecule has 4 rings (SSSR count). The summed E-state index contributed by atoms with van der Waals surface area (Å²) in [6, 6.07) is 0. The minimum absolute atomic E-state index is 0.359. The maximum Gasteiger partial charge on any atom is 0.141 e. The van der Waals surface area contributed by atoms with Crippen molar-refractivity contribution in [3.05, 3.63) is 16.8 Å². The zero-order valence-electron chi connectivity index (χ0n) is 13.9. The number of ether oxygens (including phenoxy) is 1. The van der Waals surface area contributed by atoms with Crippen molar-refractivity contribution < 1.29 is 4.74 Å². The van der Waals surface area contributed by atoms with Crippen LogP contribution in [0.4, 0.5) is 5.82 Å². The third-order valence-corrected chi connectivity index (χ3v) is 6.31. The molecule has 0 N–H and O–H groups in total. The number of fused-ring (bicyclic) bond motifs is 3. The lowest BCUT2D eigenvalue weighted by atomic mass is 10.1. The molecule has 0 saturated carbocycles. The minimum atomic E-state index is 0.359. The zero-order chi connectivity index (χ0) is 15.6. The van der Waals surface area contributed by atoms with E-state index in [1.54, 1.807) is 11.2 Å². The largest absolute Gasteiger partial charge is 0.376 e. The summed E-state index contributed by atoms with van der Waals surface area (Å²) < 4.78 is 5.85. The molecule has 4 nitrogen and oxygen atoms in total. The van der Waals surface area contributed by atoms with E-state index in [1.165, 1.54) is 60.7 Å². The minimum Gasteiger partial charge on any atom is -0.376 e. The van der Waals surface area contributed by atoms with Crippen LogP contribution in [0.2, 0.25) is 0 Å². The van der Waals surface area contributed by atoms with Gasteiger partial charge in [0.1, 0.15) is 17.0 Å². The highest BCUT2D eigenvalue weighted by Gasteiger charge is 2.24. The van der Waals surface area contributed by atoms with E-state index in [1.807, 2.05) is 11.3 Å². The topological polar surface area (TPSA) is 38.2 Å². The average molecular weight is 331 g/mol. The van der Waals surface area contributed by atoms with Crippen molar-refractivity contribution in [2.24, 2.45) is 0 Å². The predicted molar refractivity (Wildman–Crippen MR) is 95.5 cm³/mol. The smallest absolute Gasteiger partial charge is 0.141 e. The number of rotatable bonds is 4. The fraction of sp³-hybridized carbons (Fsp3) is 0.667. The lowest BCUT2D eigenvalue weighted by Crippen LogP contribution is -2.32. The summed E-state index contributed by atoms with van der Waals surface area (Å²) in [5, 5.41) is 1.33. The molecule has 2 aromatic rings. The van der Waals surface area contributed by atoms with Crippen LogP contribution in [-0.2, 0) is 17.6 Å². The van der Waals surface area contributed by atoms with Crippen molar-refractivity contribution in [1.82, 2.24) is 9.97 Å². The molecule has 0 bridgehead atoms. The van der Waals surface area contributed by atoms with E-state index in [0.717, 1.165) is 25.5 Å². The summed E-state index contributed by atoms with van der Waals surface area (Å²) in [4.78, 5) is 14.4. The highest BCUT2D eigenvalue weighted by atomic mass is 32.1. The van der Waals surface area contributed by atoms with E-state index in [4.69, 9.17) is 9.72 Å². The van der Waals surface area contributed by atoms with Crippen molar-refractivity contribution in [2.75, 3.05) is 24.6 Å². The Balaban J connectivity index is 1.74. The van der Waals surface area contributed by atoms with Gasteiger partial charge in [-0.05, 0) is 51.0 Å². The molecule has 1 saturated heterocycles. The summed E-state index contributed by atoms with van der Waals surface area (Å²) in [5.41, 5.74) is 1.53. The molecular formula is C18H25N3OS. The number of aryl methyl sites for hydroxylation is 2. The number of likely N-dealkylation sites (N-methyl/N-ethyl adjacent to an activating group) is 1. The summed E-state index contributed by atoms with van der Waals surface area (Å²) in [5.74, 6) is 1.13. The van der Waals surface area contributed by atoms with Gasteiger partial charge < -0.3 is 9.64 Å². The predicted octanol–water partition coefficient (Wildman–Crippen LogP) is 3.97. The van der Waals surface area contributed by atoms with Crippen LogP contribution in [0.5, 0.6) is 0 Å². The van der Waals surface area contributed by atoms with Gasteiger partial charge in [0.15, 0.2) is 0 Å². The van der Waals surface area contributed by atoms with Crippen molar-refractivity contribution in [3.8, 4) is 0 Å². The first-order valence-corrected chi connectivity index (χ1v) is 9.80. The van der Waals surface area contributed by atoms with Crippen molar-refractivity contribution in [1.29, 1.82) is 0 Å². The Hall–Kier alpha value is -1.20. The summed E-state index contributed by atoms with van der Waals surface area (Å²) in [7, 11) is 0. The van der Waals surface area contributed by atoms with E-state index in [0.29, 0.717) is 6.10 Å². The fourth-order valence-electron chi connectivity index (χ4n) is 3.89. The van der Waals surface area contributed by atoms with Crippen LogP contribution in [0.3, 0.4) is 0 Å². The summed E-state index contributed by atoms with van der Waals surface area (Å²) >= 11 is 1.89. The first kappa shape index (κ1) is 15.3. The molecule has 0 radical (unpaired) electrons. The van der Waals surface area contributed by atoms with Gasteiger partial charge in [0.05, 0.1) is 11.5 Å². The molecule has 1 atom stereocenters. The SMILES string of the molecule is CCN(C[C@H]1CCCO1)c1ncnc2sc3c(c12)CCCCC3. The Kier molecular flexibility index (Phi) is 4.49. The Morgan fingerprint density at radius 1 is 1.22 bits per heavy atom. The van der Waals surface area contributed by atoms with Crippen LogP contribution in [0.1, 0.15) is 49.5 Å². The van der Waals surface area contributed by atoms with Gasteiger partial charge >= 0.3 is 0 Å². The van der Waals surface area contributed by atoms with Crippen LogP contribution in [-0.4, -0.2) is 35.8 Å². The van der Waals surface area contributed by atoms with Gasteiger partial charge in [0, 0.05) is 24.6 Å². The van der Waals surface area contributed by atoms with E-state index in [9.17, 15) is 0 Å². The van der Waals surface area contributed by atoms with Crippen LogP contribution < -0.4 is 4.90 Å². The molecule has 0 spiro atoms. The summed E-state index contributed by atoms with van der Waals surface area (Å²) in [6.45, 7) is 5.05. The molecule has 0 aromatic carbocycles. The lowest BCUT2D eigenvalue weighted by molar-refractivity contribution is 0.115. The van der Waals surface area contributed by atoms with Crippen molar-refractivity contribution >= 4 is 27.4 Å². The Bertz CT molecular complexity index is 678. The van der Waals surface area contributed by atoms with E-state index in [-0.39, 0.29) is 0 Å². The number of thiophene rings is 1. The van der Waals surface area contributed by atoms with Gasteiger partial charge in [-0.2, -0.15) is 0 Å². The Morgan fingerprint density at radius 3 is 2.96 bits per heavy atom. The Morgan fingerprint density at radius 2 is 2.13 bits per heavy atom. The number of hydrogen-bond acceptors (Lipinski definition) is 5. The van der Waals surface area contributed by atoms with Gasteiger partial charge in [0.25, 0.3) is 0 Å². The molecule has 124 valence electrons. The second-order valence-corrected chi connectivity index (χ2v) is 7.70. The Labute approximate surface area is 141 Å². The fourth-order valence-corrected chi connectivity index (χ4v) is 5.11. The first-order valence-electron chi connectivity index (χ1n) is 8.98. The van der Waals surface area contributed by atoms with Gasteiger partial charge in [-0.1, -0.05) is 6.42 Å². The maximum atomic E-state index is 5.85. The number of hydrogen-bond donors (Lipinski definition) is 0. The van der Waals surface area contributed by atoms with Crippen molar-refractivity contribution in [2.45, 2.75) is 58.0 Å². The second kappa shape index (κ2) is 6.73. The quantitative estimate of drug-likeness (QED) is 0.795. The number of nitrogens with zero attached hydrogens (tertiary/aromatic N) is 3. The number of aromatic nitrogens is 2. The molecule has 23 heavy (non-hydrogen) atoms. The van der Waals surface area contributed by atoms with Gasteiger partial charge in [-0.15, -0.1) is 11.3 Å². The monoisotopic (exact) mass is 331 g/mol. The van der Waals surface area contributed by atoms with E-state index in [2.05, 4.69) is 16.8 Å². The number of anilines is 1. The molecule has 1 fully saturated rings. The molecule has 2 aliphatic rings. The van der Waals surface area contributed by atoms with Crippen LogP contribution >= 0.6 is 11.3 Å². The third-order valence-electron chi connectivity index (χ3n) is 5.11. The molecule has 0 unspecified atom stereocenters. The zero-order valence-corrected chi connectivity index (χ0v) is 14.7. The normalized spacial score (nSPS) is 21.3. The average Bonchev–Trinajstić information content (AvgIpc) is 3.14. The lowest BCUT2D eigenvalue weighted by Gasteiger charge is -2.25. The molecular weight excluding hydrogens is 306 g/mol. The standard InChI is InChI=1S/C18H25N3OS/c1-2-21(11-13-7-6-10-22-13)17-16-14-8-4-3-5-9-15(14)23-18(16)20-12-19-17/h12-13H,2-11H2,1H3/t13-/m1/s1. The second-order valence-electron chi connectivity index (χ2n) is 6.62. The van der Waals surface area contributed by atoms with E-state index >= 15 is 0 Å². The van der Waals surface area contributed by atoms with Gasteiger partial charge in [-0.25, -0.2) is 9.97 Å². The molecule has 0 amide bonds. The molecule has 5 heteroatoms. The van der Waals surface area contributed by atoms with Gasteiger partial charge in [-0.3, -0.25) is 0 Å². The highest BCUT2D eigenvalue weighted by molar-refractivity contribution is 7.18. The molecule has 2 aromatic heterocycles. The maximum absolute atomic E-state index is 5.85. The van der Waals surface area contributed by atoms with Crippen LogP contribution in [0, 0.1) is 0 Å².